The average Bonchev–Trinajstić information content (AvgIpc) is 2.97. The molecule has 0 fully saturated rings. The summed E-state index contributed by atoms with van der Waals surface area (Å²) < 4.78 is 4.64. The van der Waals surface area contributed by atoms with Gasteiger partial charge in [-0.1, -0.05) is 6.07 Å². The summed E-state index contributed by atoms with van der Waals surface area (Å²) in [6, 6.07) is 12.0. The van der Waals surface area contributed by atoms with E-state index in [9.17, 15) is 9.59 Å². The van der Waals surface area contributed by atoms with Crippen LogP contribution < -0.4 is 5.01 Å². The first kappa shape index (κ1) is 13.9. The van der Waals surface area contributed by atoms with Crippen LogP contribution >= 0.6 is 0 Å². The lowest BCUT2D eigenvalue weighted by molar-refractivity contribution is -0.116. The minimum absolute atomic E-state index is 0.133. The highest BCUT2D eigenvalue weighted by atomic mass is 16.5. The number of rotatable bonds is 3. The van der Waals surface area contributed by atoms with Crippen molar-refractivity contribution < 1.29 is 14.3 Å². The molecule has 0 spiro atoms. The van der Waals surface area contributed by atoms with E-state index in [2.05, 4.69) is 14.8 Å². The lowest BCUT2D eigenvalue weighted by Crippen LogP contribution is -2.19. The fourth-order valence-corrected chi connectivity index (χ4v) is 2.16. The van der Waals surface area contributed by atoms with E-state index in [1.54, 1.807) is 30.5 Å². The molecule has 1 aromatic heterocycles. The maximum atomic E-state index is 12.1. The van der Waals surface area contributed by atoms with Crippen LogP contribution in [-0.2, 0) is 9.53 Å². The number of hydrogen-bond acceptors (Lipinski definition) is 5. The van der Waals surface area contributed by atoms with E-state index in [0.717, 1.165) is 0 Å². The molecule has 0 unspecified atom stereocenters. The number of esters is 1. The van der Waals surface area contributed by atoms with Crippen molar-refractivity contribution in [1.29, 1.82) is 0 Å². The van der Waals surface area contributed by atoms with Crippen LogP contribution in [0.3, 0.4) is 0 Å². The number of hydrogen-bond donors (Lipinski definition) is 0. The molecule has 2 heterocycles. The Hall–Kier alpha value is -3.02. The zero-order chi connectivity index (χ0) is 15.5. The molecule has 0 atom stereocenters. The molecule has 0 saturated heterocycles. The molecule has 110 valence electrons. The number of aromatic nitrogens is 1. The Bertz CT molecular complexity index is 739. The second kappa shape index (κ2) is 5.77. The topological polar surface area (TPSA) is 71.9 Å². The predicted molar refractivity (Wildman–Crippen MR) is 80.7 cm³/mol. The first-order valence-corrected chi connectivity index (χ1v) is 6.69. The van der Waals surface area contributed by atoms with E-state index in [1.807, 2.05) is 18.2 Å². The molecule has 1 aliphatic rings. The van der Waals surface area contributed by atoms with Crippen LogP contribution in [-0.4, -0.2) is 29.7 Å². The number of benzene rings is 1. The third-order valence-electron chi connectivity index (χ3n) is 3.27. The van der Waals surface area contributed by atoms with Gasteiger partial charge in [0.25, 0.3) is 5.91 Å². The number of ether oxygens (including phenoxy) is 1. The van der Waals surface area contributed by atoms with Gasteiger partial charge in [-0.3, -0.25) is 9.78 Å². The van der Waals surface area contributed by atoms with Crippen molar-refractivity contribution in [3.8, 4) is 0 Å². The van der Waals surface area contributed by atoms with Gasteiger partial charge in [0.2, 0.25) is 0 Å². The Morgan fingerprint density at radius 3 is 2.59 bits per heavy atom. The number of hydrazone groups is 1. The van der Waals surface area contributed by atoms with Crippen LogP contribution in [0.25, 0.3) is 0 Å². The average molecular weight is 295 g/mol. The molecule has 0 saturated carbocycles. The summed E-state index contributed by atoms with van der Waals surface area (Å²) in [4.78, 5) is 27.7. The Kier molecular flexibility index (Phi) is 3.65. The van der Waals surface area contributed by atoms with Crippen LogP contribution in [0.4, 0.5) is 5.69 Å². The van der Waals surface area contributed by atoms with E-state index in [1.165, 1.54) is 12.1 Å². The predicted octanol–water partition coefficient (Wildman–Crippen LogP) is 2.01. The lowest BCUT2D eigenvalue weighted by Gasteiger charge is -2.11. The van der Waals surface area contributed by atoms with E-state index < -0.39 is 5.97 Å². The van der Waals surface area contributed by atoms with Crippen molar-refractivity contribution in [3.63, 3.8) is 0 Å². The van der Waals surface area contributed by atoms with E-state index in [-0.39, 0.29) is 12.3 Å². The number of pyridine rings is 1. The van der Waals surface area contributed by atoms with Crippen LogP contribution in [0, 0.1) is 0 Å². The van der Waals surface area contributed by atoms with Gasteiger partial charge in [-0.15, -0.1) is 0 Å². The first-order valence-electron chi connectivity index (χ1n) is 6.69. The summed E-state index contributed by atoms with van der Waals surface area (Å²) >= 11 is 0. The van der Waals surface area contributed by atoms with Crippen molar-refractivity contribution in [2.24, 2.45) is 5.10 Å². The molecule has 1 aliphatic heterocycles. The standard InChI is InChI=1S/C16H13N3O3/c1-22-16(21)11-5-7-12(8-6-11)19-15(20)10-14(18-19)13-4-2-3-9-17-13/h2-9H,10H2,1H3. The molecule has 0 bridgehead atoms. The molecule has 2 aromatic rings. The van der Waals surface area contributed by atoms with Crippen molar-refractivity contribution >= 4 is 23.3 Å². The van der Waals surface area contributed by atoms with Gasteiger partial charge in [0, 0.05) is 6.20 Å². The number of amides is 1. The zero-order valence-corrected chi connectivity index (χ0v) is 11.9. The number of anilines is 1. The largest absolute Gasteiger partial charge is 0.465 e. The Morgan fingerprint density at radius 2 is 1.95 bits per heavy atom. The maximum absolute atomic E-state index is 12.1. The summed E-state index contributed by atoms with van der Waals surface area (Å²) in [6.07, 6.45) is 1.87. The highest BCUT2D eigenvalue weighted by Crippen LogP contribution is 2.22. The zero-order valence-electron chi connectivity index (χ0n) is 11.9. The van der Waals surface area contributed by atoms with Gasteiger partial charge in [0.1, 0.15) is 0 Å². The molecule has 1 amide bonds. The Balaban J connectivity index is 1.87. The van der Waals surface area contributed by atoms with E-state index in [0.29, 0.717) is 22.7 Å². The Labute approximate surface area is 127 Å². The van der Waals surface area contributed by atoms with Gasteiger partial charge in [0.05, 0.1) is 36.2 Å². The first-order chi connectivity index (χ1) is 10.7. The second-order valence-electron chi connectivity index (χ2n) is 4.68. The van der Waals surface area contributed by atoms with Crippen molar-refractivity contribution in [2.45, 2.75) is 6.42 Å². The number of carbonyl (C=O) groups excluding carboxylic acids is 2. The normalized spacial score (nSPS) is 14.0. The SMILES string of the molecule is COC(=O)c1ccc(N2N=C(c3ccccn3)CC2=O)cc1. The summed E-state index contributed by atoms with van der Waals surface area (Å²) in [6.45, 7) is 0. The third kappa shape index (κ3) is 2.58. The molecule has 0 N–H and O–H groups in total. The fourth-order valence-electron chi connectivity index (χ4n) is 2.16. The summed E-state index contributed by atoms with van der Waals surface area (Å²) in [5, 5.41) is 5.65. The van der Waals surface area contributed by atoms with Crippen LogP contribution in [0.5, 0.6) is 0 Å². The molecule has 22 heavy (non-hydrogen) atoms. The van der Waals surface area contributed by atoms with Crippen molar-refractivity contribution in [3.05, 3.63) is 59.9 Å². The molecule has 3 rings (SSSR count). The minimum atomic E-state index is -0.419. The van der Waals surface area contributed by atoms with Gasteiger partial charge >= 0.3 is 5.97 Å². The summed E-state index contributed by atoms with van der Waals surface area (Å²) in [5.41, 5.74) is 2.34. The van der Waals surface area contributed by atoms with Gasteiger partial charge < -0.3 is 4.74 Å². The second-order valence-corrected chi connectivity index (χ2v) is 4.68. The van der Waals surface area contributed by atoms with E-state index >= 15 is 0 Å². The highest BCUT2D eigenvalue weighted by Gasteiger charge is 2.26. The van der Waals surface area contributed by atoms with Gasteiger partial charge in [0.15, 0.2) is 0 Å². The van der Waals surface area contributed by atoms with Crippen LogP contribution in [0.2, 0.25) is 0 Å². The molecular formula is C16H13N3O3. The lowest BCUT2D eigenvalue weighted by atomic mass is 10.2. The number of nitrogens with zero attached hydrogens (tertiary/aromatic N) is 3. The quantitative estimate of drug-likeness (QED) is 0.812. The molecule has 0 aliphatic carbocycles. The molecular weight excluding hydrogens is 282 g/mol. The third-order valence-corrected chi connectivity index (χ3v) is 3.27. The maximum Gasteiger partial charge on any atom is 0.337 e. The fraction of sp³-hybridized carbons (Fsp3) is 0.125. The minimum Gasteiger partial charge on any atom is -0.465 e. The van der Waals surface area contributed by atoms with Crippen LogP contribution in [0.1, 0.15) is 22.5 Å². The summed E-state index contributed by atoms with van der Waals surface area (Å²) in [5.74, 6) is -0.552. The van der Waals surface area contributed by atoms with Gasteiger partial charge in [-0.2, -0.15) is 5.10 Å². The number of carbonyl (C=O) groups is 2. The smallest absolute Gasteiger partial charge is 0.337 e. The van der Waals surface area contributed by atoms with Crippen LogP contribution in [0.15, 0.2) is 53.8 Å². The van der Waals surface area contributed by atoms with E-state index in [4.69, 9.17) is 0 Å². The van der Waals surface area contributed by atoms with Gasteiger partial charge in [-0.05, 0) is 36.4 Å². The highest BCUT2D eigenvalue weighted by molar-refractivity contribution is 6.18. The molecule has 0 radical (unpaired) electrons. The number of methoxy groups -OCH3 is 1. The Morgan fingerprint density at radius 1 is 1.18 bits per heavy atom. The van der Waals surface area contributed by atoms with Gasteiger partial charge in [-0.25, -0.2) is 9.80 Å². The molecule has 6 nitrogen and oxygen atoms in total. The van der Waals surface area contributed by atoms with Crippen molar-refractivity contribution in [2.75, 3.05) is 12.1 Å². The molecule has 6 heteroatoms. The monoisotopic (exact) mass is 295 g/mol. The summed E-state index contributed by atoms with van der Waals surface area (Å²) in [7, 11) is 1.32. The molecule has 1 aromatic carbocycles. The van der Waals surface area contributed by atoms with Crippen molar-refractivity contribution in [1.82, 2.24) is 4.98 Å².